The number of unbranched alkanes of at least 4 members (excludes halogenated alkanes) is 1. The molecular weight excluding hydrogens is 484 g/mol. The Labute approximate surface area is 214 Å². The highest BCUT2D eigenvalue weighted by molar-refractivity contribution is 8.00. The van der Waals surface area contributed by atoms with Crippen LogP contribution in [0.25, 0.3) is 0 Å². The molecule has 197 valence electrons. The molecule has 4 saturated heterocycles. The van der Waals surface area contributed by atoms with Crippen molar-refractivity contribution >= 4 is 29.4 Å². The maximum Gasteiger partial charge on any atom is 0.315 e. The molecule has 0 saturated carbocycles. The number of nitrogens with zero attached hydrogens (tertiary/aromatic N) is 5. The van der Waals surface area contributed by atoms with Crippen molar-refractivity contribution in [3.8, 4) is 0 Å². The number of oxime groups is 1. The van der Waals surface area contributed by atoms with Gasteiger partial charge in [-0.25, -0.2) is 9.48 Å². The first-order chi connectivity index (χ1) is 17.5. The summed E-state index contributed by atoms with van der Waals surface area (Å²) in [6.45, 7) is 1.22. The van der Waals surface area contributed by atoms with Crippen LogP contribution in [0.1, 0.15) is 63.5 Å². The lowest BCUT2D eigenvalue weighted by atomic mass is 9.85. The minimum Gasteiger partial charge on any atom is -0.394 e. The van der Waals surface area contributed by atoms with Gasteiger partial charge in [-0.15, -0.1) is 15.4 Å². The number of hydrogen-bond acceptors (Lipinski definition) is 8. The molecule has 0 aliphatic carbocycles. The highest BCUT2D eigenvalue weighted by Crippen LogP contribution is 2.33. The van der Waals surface area contributed by atoms with Crippen molar-refractivity contribution in [1.29, 1.82) is 0 Å². The zero-order valence-corrected chi connectivity index (χ0v) is 21.3. The van der Waals surface area contributed by atoms with Crippen LogP contribution in [0.4, 0.5) is 4.79 Å². The molecule has 5 atom stereocenters. The molecule has 3 N–H and O–H groups in total. The van der Waals surface area contributed by atoms with E-state index in [4.69, 9.17) is 4.84 Å². The highest BCUT2D eigenvalue weighted by atomic mass is 32.2. The predicted molar refractivity (Wildman–Crippen MR) is 132 cm³/mol. The van der Waals surface area contributed by atoms with Gasteiger partial charge in [-0.2, -0.15) is 11.8 Å². The van der Waals surface area contributed by atoms with E-state index in [-0.39, 0.29) is 36.1 Å². The summed E-state index contributed by atoms with van der Waals surface area (Å²) in [5.74, 6) is 0.961. The standard InChI is InChI=1S/C23H35N8O4S/c32-21(7-2-1-6-20-22-19(14-36-20)25-23(33)26-22)24-12-16-13-30(29-27-16)8-9-35-28-15-10-17-4-3-5-18(11-15)31(17)34/h13,17-20,22H,1-12,14H2,(H,24,32)(H2,25,26,33)/t17?,18?,19-,20-,22-/m0/s1. The quantitative estimate of drug-likeness (QED) is 0.227. The Morgan fingerprint density at radius 2 is 2.08 bits per heavy atom. The Morgan fingerprint density at radius 1 is 1.25 bits per heavy atom. The number of fused-ring (bicyclic) bond motifs is 3. The average Bonchev–Trinajstić information content (AvgIpc) is 3.55. The van der Waals surface area contributed by atoms with Crippen LogP contribution in [0.3, 0.4) is 0 Å². The maximum absolute atomic E-state index is 12.2. The Bertz CT molecular complexity index is 942. The van der Waals surface area contributed by atoms with E-state index in [1.807, 2.05) is 11.8 Å². The third-order valence-corrected chi connectivity index (χ3v) is 8.98. The second kappa shape index (κ2) is 11.8. The number of piperidine rings is 2. The fourth-order valence-electron chi connectivity index (χ4n) is 5.58. The van der Waals surface area contributed by atoms with E-state index in [1.165, 1.54) is 5.06 Å². The number of hydrogen-bond donors (Lipinski definition) is 3. The van der Waals surface area contributed by atoms with Crippen LogP contribution in [0, 0.1) is 0 Å². The normalized spacial score (nSPS) is 29.4. The lowest BCUT2D eigenvalue weighted by Crippen LogP contribution is -2.49. The van der Waals surface area contributed by atoms with E-state index in [9.17, 15) is 14.8 Å². The number of thioether (sulfide) groups is 1. The molecule has 1 radical (unpaired) electrons. The van der Waals surface area contributed by atoms with E-state index < -0.39 is 0 Å². The molecule has 0 aromatic carbocycles. The first kappa shape index (κ1) is 25.3. The third kappa shape index (κ3) is 6.30. The van der Waals surface area contributed by atoms with Crippen LogP contribution >= 0.6 is 11.8 Å². The van der Waals surface area contributed by atoms with Gasteiger partial charge >= 0.3 is 6.03 Å². The molecule has 1 aromatic heterocycles. The number of hydroxylamine groups is 2. The summed E-state index contributed by atoms with van der Waals surface area (Å²) in [6.07, 6.45) is 9.46. The first-order valence-corrected chi connectivity index (χ1v) is 14.1. The summed E-state index contributed by atoms with van der Waals surface area (Å²) in [4.78, 5) is 29.2. The predicted octanol–water partition coefficient (Wildman–Crippen LogP) is 1.36. The summed E-state index contributed by atoms with van der Waals surface area (Å²) in [7, 11) is 0. The minimum atomic E-state index is -0.0625. The minimum absolute atomic E-state index is 0.00499. The molecule has 12 nitrogen and oxygen atoms in total. The van der Waals surface area contributed by atoms with Gasteiger partial charge in [0.25, 0.3) is 0 Å². The molecule has 1 aromatic rings. The van der Waals surface area contributed by atoms with Gasteiger partial charge in [0.05, 0.1) is 37.1 Å². The van der Waals surface area contributed by atoms with E-state index in [0.29, 0.717) is 49.9 Å². The molecule has 4 aliphatic heterocycles. The number of urea groups is 1. The van der Waals surface area contributed by atoms with Crippen molar-refractivity contribution in [2.45, 2.75) is 100 Å². The molecular formula is C23H35N8O4S. The summed E-state index contributed by atoms with van der Waals surface area (Å²) in [6, 6.07) is 0.509. The van der Waals surface area contributed by atoms with Crippen molar-refractivity contribution in [1.82, 2.24) is 36.0 Å². The van der Waals surface area contributed by atoms with Gasteiger partial charge in [0.2, 0.25) is 5.91 Å². The Hall–Kier alpha value is -2.38. The molecule has 2 bridgehead atoms. The molecule has 0 spiro atoms. The zero-order chi connectivity index (χ0) is 24.9. The van der Waals surface area contributed by atoms with Gasteiger partial charge in [-0.3, -0.25) is 4.79 Å². The van der Waals surface area contributed by atoms with Gasteiger partial charge in [0.15, 0.2) is 0 Å². The summed E-state index contributed by atoms with van der Waals surface area (Å²) in [5.41, 5.74) is 1.68. The molecule has 36 heavy (non-hydrogen) atoms. The second-order valence-electron chi connectivity index (χ2n) is 10.1. The van der Waals surface area contributed by atoms with Crippen LogP contribution in [0.2, 0.25) is 0 Å². The molecule has 5 heterocycles. The average molecular weight is 520 g/mol. The molecule has 5 rings (SSSR count). The second-order valence-corrected chi connectivity index (χ2v) is 11.4. The number of aromatic nitrogens is 3. The van der Waals surface area contributed by atoms with Gasteiger partial charge in [-0.05, 0) is 25.7 Å². The fraction of sp³-hybridized carbons (Fsp3) is 0.783. The Morgan fingerprint density at radius 3 is 2.92 bits per heavy atom. The zero-order valence-electron chi connectivity index (χ0n) is 20.4. The van der Waals surface area contributed by atoms with Crippen LogP contribution in [-0.2, 0) is 27.9 Å². The van der Waals surface area contributed by atoms with Crippen LogP contribution in [0.15, 0.2) is 11.4 Å². The van der Waals surface area contributed by atoms with Crippen molar-refractivity contribution < 1.29 is 19.6 Å². The van der Waals surface area contributed by atoms with E-state index in [2.05, 4.69) is 31.4 Å². The summed E-state index contributed by atoms with van der Waals surface area (Å²) in [5, 5.41) is 35.1. The fourth-order valence-corrected chi connectivity index (χ4v) is 7.12. The number of carbonyl (C=O) groups is 2. The van der Waals surface area contributed by atoms with Crippen molar-refractivity contribution in [3.63, 3.8) is 0 Å². The highest BCUT2D eigenvalue weighted by Gasteiger charge is 2.42. The van der Waals surface area contributed by atoms with E-state index in [0.717, 1.165) is 50.0 Å². The monoisotopic (exact) mass is 519 g/mol. The lowest BCUT2D eigenvalue weighted by Gasteiger charge is -2.40. The molecule has 2 unspecified atom stereocenters. The summed E-state index contributed by atoms with van der Waals surface area (Å²) < 4.78 is 1.68. The van der Waals surface area contributed by atoms with Crippen molar-refractivity contribution in [3.05, 3.63) is 11.9 Å². The maximum atomic E-state index is 12.2. The van der Waals surface area contributed by atoms with E-state index in [1.54, 1.807) is 10.9 Å². The van der Waals surface area contributed by atoms with Gasteiger partial charge in [-0.1, -0.05) is 23.2 Å². The van der Waals surface area contributed by atoms with Crippen LogP contribution in [-0.4, -0.2) is 79.5 Å². The van der Waals surface area contributed by atoms with Crippen LogP contribution in [0.5, 0.6) is 0 Å². The molecule has 13 heteroatoms. The van der Waals surface area contributed by atoms with Crippen molar-refractivity contribution in [2.75, 3.05) is 12.4 Å². The topological polar surface area (TPSA) is 146 Å². The van der Waals surface area contributed by atoms with Crippen molar-refractivity contribution in [2.24, 2.45) is 5.16 Å². The summed E-state index contributed by atoms with van der Waals surface area (Å²) >= 11 is 1.90. The van der Waals surface area contributed by atoms with Gasteiger partial charge in [0.1, 0.15) is 12.3 Å². The lowest BCUT2D eigenvalue weighted by molar-refractivity contribution is -0.231. The number of amides is 3. The Kier molecular flexibility index (Phi) is 8.27. The SMILES string of the molecule is [O]N1C2CCCC1CC(=NOCCn1cc(CNC(=O)CCCC[C@@H]3SC[C@@H]4NC(=O)N[C@@H]43)nn1)C2. The third-order valence-electron chi connectivity index (χ3n) is 7.48. The van der Waals surface area contributed by atoms with E-state index >= 15 is 0 Å². The molecule has 4 fully saturated rings. The smallest absolute Gasteiger partial charge is 0.315 e. The molecule has 4 aliphatic rings. The van der Waals surface area contributed by atoms with Gasteiger partial charge < -0.3 is 20.8 Å². The number of carbonyl (C=O) groups excluding carboxylic acids is 2. The molecule has 3 amide bonds. The Balaban J connectivity index is 0.935. The first-order valence-electron chi connectivity index (χ1n) is 13.0. The number of nitrogens with one attached hydrogen (secondary N) is 3. The van der Waals surface area contributed by atoms with Crippen LogP contribution < -0.4 is 16.0 Å². The number of rotatable bonds is 11. The van der Waals surface area contributed by atoms with Gasteiger partial charge in [0, 0.05) is 42.3 Å². The largest absolute Gasteiger partial charge is 0.394 e.